The molecule has 0 radical (unpaired) electrons. The molecule has 4 aromatic rings. The van der Waals surface area contributed by atoms with Crippen molar-refractivity contribution in [2.45, 2.75) is 76.0 Å². The molecule has 13 nitrogen and oxygen atoms in total. The van der Waals surface area contributed by atoms with E-state index in [0.717, 1.165) is 101 Å². The number of fused-ring (bicyclic) bond motifs is 1. The lowest BCUT2D eigenvalue weighted by Crippen LogP contribution is -2.49. The van der Waals surface area contributed by atoms with Crippen LogP contribution in [0.4, 0.5) is 16.4 Å². The van der Waals surface area contributed by atoms with Crippen LogP contribution in [0.1, 0.15) is 79.8 Å². The molecule has 3 aliphatic heterocycles. The first kappa shape index (κ1) is 36.8. The van der Waals surface area contributed by atoms with Gasteiger partial charge in [-0.2, -0.15) is 5.26 Å². The number of carbonyl (C=O) groups is 3. The fraction of sp³-hybridized carbons (Fsp3) is 0.463. The van der Waals surface area contributed by atoms with Gasteiger partial charge in [-0.1, -0.05) is 17.7 Å². The van der Waals surface area contributed by atoms with Crippen LogP contribution in [0.25, 0.3) is 10.9 Å². The molecule has 5 heterocycles. The standard InChI is InChI=1S/C41H46ClN9O4/c42-35-22-33(7-4-28(35)23-43)55-32-8-5-30(6-9-32)46-39(53)29-24-44-40(45-25-29)49-18-10-27(11-19-49)26-48-16-12-31(13-17-48)50-20-14-34-36(50)2-1-3-37(34)51-21-15-38(52)47-41(51)54/h1-4,7,14,20,22,24-25,27,30-32H,5-6,8-13,15-19,21,26H2,(H,46,53)(H,47,52,54). The highest BCUT2D eigenvalue weighted by Gasteiger charge is 2.30. The first-order valence-corrected chi connectivity index (χ1v) is 19.9. The molecule has 4 fully saturated rings. The lowest BCUT2D eigenvalue weighted by molar-refractivity contribution is -0.120. The van der Waals surface area contributed by atoms with Crippen LogP contribution in [0.2, 0.25) is 5.02 Å². The Bertz CT molecular complexity index is 2080. The molecule has 0 atom stereocenters. The molecular weight excluding hydrogens is 718 g/mol. The van der Waals surface area contributed by atoms with Gasteiger partial charge in [0, 0.05) is 87.8 Å². The van der Waals surface area contributed by atoms with Crippen molar-refractivity contribution in [1.29, 1.82) is 5.26 Å². The lowest BCUT2D eigenvalue weighted by atomic mass is 9.92. The molecule has 0 spiro atoms. The maximum atomic E-state index is 13.0. The average Bonchev–Trinajstić information content (AvgIpc) is 3.64. The number of nitrogens with one attached hydrogen (secondary N) is 2. The number of rotatable bonds is 9. The van der Waals surface area contributed by atoms with Crippen LogP contribution in [0.3, 0.4) is 0 Å². The summed E-state index contributed by atoms with van der Waals surface area (Å²) in [6.45, 7) is 5.39. The monoisotopic (exact) mass is 763 g/mol. The van der Waals surface area contributed by atoms with Crippen molar-refractivity contribution in [2.75, 3.05) is 49.1 Å². The van der Waals surface area contributed by atoms with E-state index in [-0.39, 0.29) is 30.0 Å². The van der Waals surface area contributed by atoms with Crippen molar-refractivity contribution < 1.29 is 19.1 Å². The number of ether oxygens (including phenoxy) is 1. The van der Waals surface area contributed by atoms with E-state index in [2.05, 4.69) is 59.4 Å². The van der Waals surface area contributed by atoms with Crippen molar-refractivity contribution in [1.82, 2.24) is 30.1 Å². The van der Waals surface area contributed by atoms with Gasteiger partial charge >= 0.3 is 6.03 Å². The molecule has 2 aromatic carbocycles. The maximum absolute atomic E-state index is 13.0. The van der Waals surface area contributed by atoms with Gasteiger partial charge in [0.2, 0.25) is 11.9 Å². The first-order chi connectivity index (χ1) is 26.8. The number of carbonyl (C=O) groups excluding carboxylic acids is 3. The van der Waals surface area contributed by atoms with Gasteiger partial charge in [0.1, 0.15) is 11.8 Å². The van der Waals surface area contributed by atoms with Crippen molar-refractivity contribution in [2.24, 2.45) is 5.92 Å². The number of amides is 4. The Labute approximate surface area is 325 Å². The van der Waals surface area contributed by atoms with Gasteiger partial charge in [0.15, 0.2) is 0 Å². The molecule has 14 heteroatoms. The molecule has 0 unspecified atom stereocenters. The minimum atomic E-state index is -0.354. The van der Waals surface area contributed by atoms with E-state index in [1.54, 1.807) is 35.5 Å². The summed E-state index contributed by atoms with van der Waals surface area (Å²) < 4.78 is 8.46. The predicted octanol–water partition coefficient (Wildman–Crippen LogP) is 6.08. The molecule has 3 saturated heterocycles. The summed E-state index contributed by atoms with van der Waals surface area (Å²) in [6.07, 6.45) is 13.3. The fourth-order valence-electron chi connectivity index (χ4n) is 8.63. The SMILES string of the molecule is N#Cc1ccc(OC2CCC(NC(=O)c3cnc(N4CCC(CN5CCC(n6ccc7c(N8CCC(=O)NC8=O)cccc76)CC5)CC4)nc3)CC2)cc1Cl. The van der Waals surface area contributed by atoms with Gasteiger partial charge in [-0.05, 0) is 87.6 Å². The van der Waals surface area contributed by atoms with Crippen LogP contribution in [-0.2, 0) is 4.79 Å². The van der Waals surface area contributed by atoms with Gasteiger partial charge in [-0.15, -0.1) is 0 Å². The van der Waals surface area contributed by atoms with Crippen molar-refractivity contribution in [3.05, 3.63) is 77.2 Å². The Kier molecular flexibility index (Phi) is 10.9. The molecular formula is C41H46ClN9O4. The summed E-state index contributed by atoms with van der Waals surface area (Å²) in [4.78, 5) is 52.9. The predicted molar refractivity (Wildman–Crippen MR) is 209 cm³/mol. The zero-order valence-corrected chi connectivity index (χ0v) is 31.6. The normalized spacial score (nSPS) is 21.7. The highest BCUT2D eigenvalue weighted by Crippen LogP contribution is 2.34. The summed E-state index contributed by atoms with van der Waals surface area (Å²) >= 11 is 6.15. The van der Waals surface area contributed by atoms with Crippen molar-refractivity contribution in [3.8, 4) is 11.8 Å². The zero-order chi connectivity index (χ0) is 37.9. The van der Waals surface area contributed by atoms with Gasteiger partial charge < -0.3 is 24.4 Å². The smallest absolute Gasteiger partial charge is 0.328 e. The summed E-state index contributed by atoms with van der Waals surface area (Å²) in [5.41, 5.74) is 2.87. The number of hydrogen-bond acceptors (Lipinski definition) is 9. The lowest BCUT2D eigenvalue weighted by Gasteiger charge is -2.38. The second-order valence-electron chi connectivity index (χ2n) is 15.2. The largest absolute Gasteiger partial charge is 0.490 e. The quantitative estimate of drug-likeness (QED) is 0.207. The number of hydrogen-bond donors (Lipinski definition) is 2. The zero-order valence-electron chi connectivity index (χ0n) is 30.8. The van der Waals surface area contributed by atoms with Gasteiger partial charge in [-0.25, -0.2) is 14.8 Å². The van der Waals surface area contributed by atoms with Crippen molar-refractivity contribution >= 4 is 52.0 Å². The van der Waals surface area contributed by atoms with Gasteiger partial charge in [-0.3, -0.25) is 19.8 Å². The molecule has 1 saturated carbocycles. The summed E-state index contributed by atoms with van der Waals surface area (Å²) in [5, 5.41) is 16.1. The second kappa shape index (κ2) is 16.3. The summed E-state index contributed by atoms with van der Waals surface area (Å²) in [6, 6.07) is 15.5. The second-order valence-corrected chi connectivity index (χ2v) is 15.6. The fourth-order valence-corrected chi connectivity index (χ4v) is 8.84. The van der Waals surface area contributed by atoms with Crippen LogP contribution in [0.5, 0.6) is 5.75 Å². The van der Waals surface area contributed by atoms with Gasteiger partial charge in [0.05, 0.1) is 33.5 Å². The third-order valence-corrected chi connectivity index (χ3v) is 12.0. The average molecular weight is 764 g/mol. The molecule has 2 aromatic heterocycles. The number of nitrogens with zero attached hydrogens (tertiary/aromatic N) is 7. The topological polar surface area (TPSA) is 149 Å². The maximum Gasteiger partial charge on any atom is 0.328 e. The number of benzene rings is 2. The molecule has 4 aliphatic rings. The third kappa shape index (κ3) is 8.26. The minimum absolute atomic E-state index is 0.0383. The van der Waals surface area contributed by atoms with Crippen LogP contribution >= 0.6 is 11.6 Å². The number of urea groups is 1. The van der Waals surface area contributed by atoms with E-state index in [4.69, 9.17) is 21.6 Å². The summed E-state index contributed by atoms with van der Waals surface area (Å²) in [7, 11) is 0. The number of imide groups is 1. The minimum Gasteiger partial charge on any atom is -0.490 e. The van der Waals surface area contributed by atoms with E-state index >= 15 is 0 Å². The van der Waals surface area contributed by atoms with E-state index in [9.17, 15) is 14.4 Å². The number of piperidine rings is 2. The van der Waals surface area contributed by atoms with Crippen LogP contribution in [0.15, 0.2) is 61.1 Å². The number of likely N-dealkylation sites (tertiary alicyclic amines) is 1. The Balaban J connectivity index is 0.760. The Hall–Kier alpha value is -5.19. The van der Waals surface area contributed by atoms with Crippen molar-refractivity contribution in [3.63, 3.8) is 0 Å². The van der Waals surface area contributed by atoms with E-state index in [0.29, 0.717) is 52.8 Å². The molecule has 8 rings (SSSR count). The molecule has 286 valence electrons. The first-order valence-electron chi connectivity index (χ1n) is 19.5. The number of aromatic nitrogens is 3. The summed E-state index contributed by atoms with van der Waals surface area (Å²) in [5.74, 6) is 1.57. The number of nitriles is 1. The van der Waals surface area contributed by atoms with Crippen LogP contribution < -0.4 is 25.2 Å². The van der Waals surface area contributed by atoms with E-state index < -0.39 is 0 Å². The molecule has 4 amide bonds. The van der Waals surface area contributed by atoms with Crippen LogP contribution in [0, 0.1) is 17.2 Å². The Morgan fingerprint density at radius 2 is 1.71 bits per heavy atom. The highest BCUT2D eigenvalue weighted by molar-refractivity contribution is 6.31. The number of halogens is 1. The third-order valence-electron chi connectivity index (χ3n) is 11.7. The van der Waals surface area contributed by atoms with E-state index in [1.165, 1.54) is 0 Å². The Morgan fingerprint density at radius 1 is 0.945 bits per heavy atom. The molecule has 55 heavy (non-hydrogen) atoms. The molecule has 1 aliphatic carbocycles. The van der Waals surface area contributed by atoms with Crippen LogP contribution in [-0.4, -0.2) is 88.7 Å². The molecule has 2 N–H and O–H groups in total. The molecule has 0 bridgehead atoms. The van der Waals surface area contributed by atoms with Gasteiger partial charge in [0.25, 0.3) is 5.91 Å². The van der Waals surface area contributed by atoms with E-state index in [1.807, 2.05) is 12.1 Å². The highest BCUT2D eigenvalue weighted by atomic mass is 35.5. The number of anilines is 2. The Morgan fingerprint density at radius 3 is 2.42 bits per heavy atom.